The molecular formula is C12H10INO. The van der Waals surface area contributed by atoms with Gasteiger partial charge in [-0.2, -0.15) is 0 Å². The molecule has 2 aromatic rings. The van der Waals surface area contributed by atoms with Gasteiger partial charge < -0.3 is 4.57 Å². The molecule has 0 atom stereocenters. The number of rotatable bonds is 2. The minimum absolute atomic E-state index is 0.0380. The van der Waals surface area contributed by atoms with Gasteiger partial charge in [0.2, 0.25) is 0 Å². The van der Waals surface area contributed by atoms with Crippen LogP contribution in [0.2, 0.25) is 0 Å². The maximum Gasteiger partial charge on any atom is 0.250 e. The molecule has 2 nitrogen and oxygen atoms in total. The molecule has 1 aromatic heterocycles. The maximum absolute atomic E-state index is 11.5. The number of pyridine rings is 1. The molecule has 0 saturated heterocycles. The normalized spacial score (nSPS) is 10.2. The lowest BCUT2D eigenvalue weighted by atomic mass is 10.2. The van der Waals surface area contributed by atoms with Crippen molar-refractivity contribution in [2.75, 3.05) is 0 Å². The van der Waals surface area contributed by atoms with Gasteiger partial charge in [0.05, 0.1) is 6.54 Å². The summed E-state index contributed by atoms with van der Waals surface area (Å²) in [5.74, 6) is 0. The zero-order valence-corrected chi connectivity index (χ0v) is 10.2. The van der Waals surface area contributed by atoms with Crippen molar-refractivity contribution in [2.45, 2.75) is 6.54 Å². The predicted molar refractivity (Wildman–Crippen MR) is 69.0 cm³/mol. The molecule has 2 rings (SSSR count). The molecule has 0 amide bonds. The van der Waals surface area contributed by atoms with Crippen molar-refractivity contribution in [3.63, 3.8) is 0 Å². The molecule has 0 bridgehead atoms. The van der Waals surface area contributed by atoms with E-state index in [2.05, 4.69) is 22.6 Å². The summed E-state index contributed by atoms with van der Waals surface area (Å²) in [6, 6.07) is 13.4. The molecule has 0 saturated carbocycles. The third-order valence-electron chi connectivity index (χ3n) is 2.17. The zero-order valence-electron chi connectivity index (χ0n) is 8.06. The molecule has 1 aromatic carbocycles. The van der Waals surface area contributed by atoms with Gasteiger partial charge in [-0.25, -0.2) is 0 Å². The Kier molecular flexibility index (Phi) is 3.20. The van der Waals surface area contributed by atoms with E-state index in [1.54, 1.807) is 22.9 Å². The summed E-state index contributed by atoms with van der Waals surface area (Å²) >= 11 is 2.27. The standard InChI is InChI=1S/C12H10INO/c13-11-6-4-10(5-7-11)9-14-8-2-1-3-12(14)15/h1-8H,9H2. The molecule has 0 aliphatic heterocycles. The van der Waals surface area contributed by atoms with E-state index in [1.165, 1.54) is 3.57 Å². The van der Waals surface area contributed by atoms with Crippen molar-refractivity contribution in [3.05, 3.63) is 68.1 Å². The lowest BCUT2D eigenvalue weighted by Crippen LogP contribution is -2.18. The van der Waals surface area contributed by atoms with Crippen LogP contribution >= 0.6 is 22.6 Å². The summed E-state index contributed by atoms with van der Waals surface area (Å²) in [5, 5.41) is 0. The molecule has 0 unspecified atom stereocenters. The largest absolute Gasteiger partial charge is 0.311 e. The molecule has 0 aliphatic carbocycles. The lowest BCUT2D eigenvalue weighted by molar-refractivity contribution is 0.759. The fourth-order valence-corrected chi connectivity index (χ4v) is 1.74. The van der Waals surface area contributed by atoms with Crippen LogP contribution in [-0.2, 0) is 6.54 Å². The number of halogens is 1. The first-order valence-corrected chi connectivity index (χ1v) is 5.73. The van der Waals surface area contributed by atoms with Crippen molar-refractivity contribution in [1.29, 1.82) is 0 Å². The molecule has 1 heterocycles. The quantitative estimate of drug-likeness (QED) is 0.781. The van der Waals surface area contributed by atoms with Crippen LogP contribution in [-0.4, -0.2) is 4.57 Å². The van der Waals surface area contributed by atoms with Gasteiger partial charge in [-0.05, 0) is 46.4 Å². The Balaban J connectivity index is 2.26. The van der Waals surface area contributed by atoms with E-state index in [-0.39, 0.29) is 5.56 Å². The minimum Gasteiger partial charge on any atom is -0.311 e. The van der Waals surface area contributed by atoms with E-state index in [9.17, 15) is 4.79 Å². The van der Waals surface area contributed by atoms with Gasteiger partial charge in [-0.1, -0.05) is 18.2 Å². The Labute approximate surface area is 102 Å². The van der Waals surface area contributed by atoms with Gasteiger partial charge in [0, 0.05) is 15.8 Å². The van der Waals surface area contributed by atoms with Gasteiger partial charge in [0.15, 0.2) is 0 Å². The van der Waals surface area contributed by atoms with Crippen molar-refractivity contribution in [2.24, 2.45) is 0 Å². The Hall–Kier alpha value is -1.10. The average molecular weight is 311 g/mol. The summed E-state index contributed by atoms with van der Waals surface area (Å²) in [5.41, 5.74) is 1.18. The van der Waals surface area contributed by atoms with Crippen LogP contribution in [0.15, 0.2) is 53.5 Å². The summed E-state index contributed by atoms with van der Waals surface area (Å²) in [6.45, 7) is 0.636. The monoisotopic (exact) mass is 311 g/mol. The Morgan fingerprint density at radius 3 is 2.47 bits per heavy atom. The van der Waals surface area contributed by atoms with E-state index < -0.39 is 0 Å². The second-order valence-electron chi connectivity index (χ2n) is 3.29. The van der Waals surface area contributed by atoms with Crippen molar-refractivity contribution in [3.8, 4) is 0 Å². The van der Waals surface area contributed by atoms with Crippen molar-refractivity contribution >= 4 is 22.6 Å². The fraction of sp³-hybridized carbons (Fsp3) is 0.0833. The molecule has 15 heavy (non-hydrogen) atoms. The molecule has 0 aliphatic rings. The van der Waals surface area contributed by atoms with Gasteiger partial charge >= 0.3 is 0 Å². The van der Waals surface area contributed by atoms with Gasteiger partial charge in [0.25, 0.3) is 5.56 Å². The van der Waals surface area contributed by atoms with Crippen LogP contribution < -0.4 is 5.56 Å². The predicted octanol–water partition coefficient (Wildman–Crippen LogP) is 2.50. The highest BCUT2D eigenvalue weighted by molar-refractivity contribution is 14.1. The van der Waals surface area contributed by atoms with Crippen molar-refractivity contribution in [1.82, 2.24) is 4.57 Å². The number of nitrogens with zero attached hydrogens (tertiary/aromatic N) is 1. The van der Waals surface area contributed by atoms with Crippen LogP contribution in [0, 0.1) is 3.57 Å². The summed E-state index contributed by atoms with van der Waals surface area (Å²) in [6.07, 6.45) is 1.81. The molecule has 3 heteroatoms. The molecule has 76 valence electrons. The Morgan fingerprint density at radius 2 is 1.80 bits per heavy atom. The van der Waals surface area contributed by atoms with E-state index >= 15 is 0 Å². The van der Waals surface area contributed by atoms with Gasteiger partial charge in [0.1, 0.15) is 0 Å². The highest BCUT2D eigenvalue weighted by Gasteiger charge is 1.96. The third-order valence-corrected chi connectivity index (χ3v) is 2.88. The first kappa shape index (κ1) is 10.4. The lowest BCUT2D eigenvalue weighted by Gasteiger charge is -2.04. The molecule has 0 fully saturated rings. The van der Waals surface area contributed by atoms with Crippen LogP contribution in [0.3, 0.4) is 0 Å². The van der Waals surface area contributed by atoms with Crippen LogP contribution in [0.1, 0.15) is 5.56 Å². The first-order valence-electron chi connectivity index (χ1n) is 4.65. The fourth-order valence-electron chi connectivity index (χ4n) is 1.38. The van der Waals surface area contributed by atoms with Gasteiger partial charge in [-0.3, -0.25) is 4.79 Å². The minimum atomic E-state index is 0.0380. The van der Waals surface area contributed by atoms with Crippen LogP contribution in [0.4, 0.5) is 0 Å². The number of hydrogen-bond donors (Lipinski definition) is 0. The highest BCUT2D eigenvalue weighted by atomic mass is 127. The number of benzene rings is 1. The Bertz CT molecular complexity index is 502. The average Bonchev–Trinajstić information content (AvgIpc) is 2.25. The molecular weight excluding hydrogens is 301 g/mol. The molecule has 0 spiro atoms. The first-order chi connectivity index (χ1) is 7.25. The topological polar surface area (TPSA) is 22.0 Å². The van der Waals surface area contributed by atoms with Crippen LogP contribution in [0.25, 0.3) is 0 Å². The number of aromatic nitrogens is 1. The third kappa shape index (κ3) is 2.68. The second-order valence-corrected chi connectivity index (χ2v) is 4.54. The SMILES string of the molecule is O=c1ccccn1Cc1ccc(I)cc1. The summed E-state index contributed by atoms with van der Waals surface area (Å²) in [7, 11) is 0. The van der Waals surface area contributed by atoms with E-state index in [4.69, 9.17) is 0 Å². The smallest absolute Gasteiger partial charge is 0.250 e. The summed E-state index contributed by atoms with van der Waals surface area (Å²) in [4.78, 5) is 11.5. The van der Waals surface area contributed by atoms with E-state index in [0.29, 0.717) is 6.54 Å². The Morgan fingerprint density at radius 1 is 1.07 bits per heavy atom. The van der Waals surface area contributed by atoms with Crippen molar-refractivity contribution < 1.29 is 0 Å². The number of hydrogen-bond acceptors (Lipinski definition) is 1. The molecule has 0 radical (unpaired) electrons. The molecule has 0 N–H and O–H groups in total. The van der Waals surface area contributed by atoms with E-state index in [1.807, 2.05) is 30.3 Å². The van der Waals surface area contributed by atoms with Crippen LogP contribution in [0.5, 0.6) is 0 Å². The second kappa shape index (κ2) is 4.61. The summed E-state index contributed by atoms with van der Waals surface area (Å²) < 4.78 is 2.90. The van der Waals surface area contributed by atoms with E-state index in [0.717, 1.165) is 5.56 Å². The highest BCUT2D eigenvalue weighted by Crippen LogP contribution is 2.07. The zero-order chi connectivity index (χ0) is 10.7. The maximum atomic E-state index is 11.5. The van der Waals surface area contributed by atoms with Gasteiger partial charge in [-0.15, -0.1) is 0 Å².